The second kappa shape index (κ2) is 12.1. The number of anilines is 1. The van der Waals surface area contributed by atoms with E-state index in [1.807, 2.05) is 13.0 Å². The highest BCUT2D eigenvalue weighted by Crippen LogP contribution is 2.18. The van der Waals surface area contributed by atoms with Gasteiger partial charge in [0.25, 0.3) is 11.8 Å². The molecule has 8 nitrogen and oxygen atoms in total. The van der Waals surface area contributed by atoms with Gasteiger partial charge < -0.3 is 14.8 Å². The first kappa shape index (κ1) is 25.8. The molecule has 4 aromatic carbocycles. The average Bonchev–Trinajstić information content (AvgIpc) is 2.94. The van der Waals surface area contributed by atoms with Crippen LogP contribution in [0.15, 0.2) is 102 Å². The Bertz CT molecular complexity index is 1480. The predicted octanol–water partition coefficient (Wildman–Crippen LogP) is 5.24. The Morgan fingerprint density at radius 1 is 0.763 bits per heavy atom. The summed E-state index contributed by atoms with van der Waals surface area (Å²) in [6, 6.07) is 27.1. The summed E-state index contributed by atoms with van der Waals surface area (Å²) in [6.07, 6.45) is 1.40. The van der Waals surface area contributed by atoms with Gasteiger partial charge in [-0.25, -0.2) is 10.2 Å². The van der Waals surface area contributed by atoms with E-state index in [4.69, 9.17) is 9.47 Å². The molecule has 0 saturated heterocycles. The number of amides is 2. The zero-order valence-corrected chi connectivity index (χ0v) is 20.8. The van der Waals surface area contributed by atoms with Crippen LogP contribution >= 0.6 is 0 Å². The van der Waals surface area contributed by atoms with Crippen LogP contribution < -0.4 is 20.2 Å². The Balaban J connectivity index is 1.35. The SMILES string of the molecule is COc1ccc(C(=O)Nc2ccc(C(=O)N/N=C\c3ccccc3OC(=O)c3cccc(C)c3)cc2)cc1. The lowest BCUT2D eigenvalue weighted by Crippen LogP contribution is -2.18. The lowest BCUT2D eigenvalue weighted by atomic mass is 10.1. The molecule has 0 radical (unpaired) electrons. The fourth-order valence-corrected chi connectivity index (χ4v) is 3.49. The number of esters is 1. The normalized spacial score (nSPS) is 10.6. The van der Waals surface area contributed by atoms with Gasteiger partial charge in [-0.05, 0) is 79.7 Å². The maximum absolute atomic E-state index is 12.5. The Morgan fingerprint density at radius 3 is 2.16 bits per heavy atom. The fraction of sp³-hybridized carbons (Fsp3) is 0.0667. The van der Waals surface area contributed by atoms with Crippen molar-refractivity contribution in [1.29, 1.82) is 0 Å². The van der Waals surface area contributed by atoms with Crippen molar-refractivity contribution in [2.45, 2.75) is 6.92 Å². The minimum Gasteiger partial charge on any atom is -0.497 e. The first-order valence-corrected chi connectivity index (χ1v) is 11.7. The molecule has 190 valence electrons. The third-order valence-electron chi connectivity index (χ3n) is 5.50. The van der Waals surface area contributed by atoms with E-state index in [2.05, 4.69) is 15.8 Å². The highest BCUT2D eigenvalue weighted by atomic mass is 16.5. The van der Waals surface area contributed by atoms with Gasteiger partial charge >= 0.3 is 5.97 Å². The number of rotatable bonds is 8. The quantitative estimate of drug-likeness (QED) is 0.147. The van der Waals surface area contributed by atoms with Crippen molar-refractivity contribution in [3.05, 3.63) is 125 Å². The standard InChI is InChI=1S/C30H25N3O5/c1-20-6-5-8-23(18-20)30(36)38-27-9-4-3-7-24(27)19-31-33-29(35)22-10-14-25(15-11-22)32-28(34)21-12-16-26(37-2)17-13-21/h3-19H,1-2H3,(H,32,34)(H,33,35)/b31-19-. The predicted molar refractivity (Wildman–Crippen MR) is 145 cm³/mol. The summed E-state index contributed by atoms with van der Waals surface area (Å²) < 4.78 is 10.6. The van der Waals surface area contributed by atoms with Crippen molar-refractivity contribution in [3.63, 3.8) is 0 Å². The van der Waals surface area contributed by atoms with Crippen LogP contribution in [0.1, 0.15) is 42.2 Å². The number of hydrogen-bond donors (Lipinski definition) is 2. The summed E-state index contributed by atoms with van der Waals surface area (Å²) in [4.78, 5) is 37.5. The Hall–Kier alpha value is -5.24. The second-order valence-electron chi connectivity index (χ2n) is 8.26. The smallest absolute Gasteiger partial charge is 0.343 e. The summed E-state index contributed by atoms with van der Waals surface area (Å²) in [5, 5.41) is 6.78. The summed E-state index contributed by atoms with van der Waals surface area (Å²) in [6.45, 7) is 1.90. The summed E-state index contributed by atoms with van der Waals surface area (Å²) in [5.74, 6) is -0.238. The maximum Gasteiger partial charge on any atom is 0.343 e. The van der Waals surface area contributed by atoms with Crippen LogP contribution in [0.5, 0.6) is 11.5 Å². The van der Waals surface area contributed by atoms with Gasteiger partial charge in [0.1, 0.15) is 11.5 Å². The van der Waals surface area contributed by atoms with E-state index >= 15 is 0 Å². The van der Waals surface area contributed by atoms with Crippen molar-refractivity contribution in [1.82, 2.24) is 5.43 Å². The van der Waals surface area contributed by atoms with Crippen molar-refractivity contribution in [2.24, 2.45) is 5.10 Å². The molecule has 0 aliphatic heterocycles. The largest absolute Gasteiger partial charge is 0.497 e. The van der Waals surface area contributed by atoms with E-state index in [-0.39, 0.29) is 5.91 Å². The summed E-state index contributed by atoms with van der Waals surface area (Å²) in [5.41, 5.74) is 5.73. The molecular weight excluding hydrogens is 482 g/mol. The van der Waals surface area contributed by atoms with Crippen molar-refractivity contribution in [3.8, 4) is 11.5 Å². The number of para-hydroxylation sites is 1. The lowest BCUT2D eigenvalue weighted by Gasteiger charge is -2.08. The monoisotopic (exact) mass is 507 g/mol. The third-order valence-corrected chi connectivity index (χ3v) is 5.50. The molecule has 2 amide bonds. The number of nitrogens with zero attached hydrogens (tertiary/aromatic N) is 1. The minimum absolute atomic E-state index is 0.281. The number of benzene rings is 4. The van der Waals surface area contributed by atoms with Crippen molar-refractivity contribution < 1.29 is 23.9 Å². The maximum atomic E-state index is 12.5. The molecule has 0 aliphatic rings. The van der Waals surface area contributed by atoms with Gasteiger partial charge in [-0.1, -0.05) is 29.8 Å². The van der Waals surface area contributed by atoms with Crippen LogP contribution in [0.3, 0.4) is 0 Å². The fourth-order valence-electron chi connectivity index (χ4n) is 3.49. The van der Waals surface area contributed by atoms with Crippen LogP contribution in [-0.4, -0.2) is 31.1 Å². The van der Waals surface area contributed by atoms with Gasteiger partial charge in [0, 0.05) is 22.4 Å². The zero-order chi connectivity index (χ0) is 26.9. The Kier molecular flexibility index (Phi) is 8.25. The number of carbonyl (C=O) groups excluding carboxylic acids is 3. The van der Waals surface area contributed by atoms with Gasteiger partial charge in [0.05, 0.1) is 18.9 Å². The van der Waals surface area contributed by atoms with Crippen LogP contribution in [-0.2, 0) is 0 Å². The van der Waals surface area contributed by atoms with Gasteiger partial charge in [-0.2, -0.15) is 5.10 Å². The molecule has 0 bridgehead atoms. The van der Waals surface area contributed by atoms with Gasteiger partial charge in [-0.3, -0.25) is 9.59 Å². The number of carbonyl (C=O) groups is 3. The minimum atomic E-state index is -0.488. The third kappa shape index (κ3) is 6.70. The molecule has 0 spiro atoms. The van der Waals surface area contributed by atoms with E-state index in [0.29, 0.717) is 39.4 Å². The first-order valence-electron chi connectivity index (χ1n) is 11.7. The van der Waals surface area contributed by atoms with Gasteiger partial charge in [0.15, 0.2) is 0 Å². The van der Waals surface area contributed by atoms with E-state index in [0.717, 1.165) is 5.56 Å². The number of nitrogens with one attached hydrogen (secondary N) is 2. The molecule has 4 aromatic rings. The second-order valence-corrected chi connectivity index (χ2v) is 8.26. The van der Waals surface area contributed by atoms with Gasteiger partial charge in [-0.15, -0.1) is 0 Å². The van der Waals surface area contributed by atoms with Crippen LogP contribution in [0.4, 0.5) is 5.69 Å². The molecule has 0 atom stereocenters. The number of methoxy groups -OCH3 is 1. The molecule has 2 N–H and O–H groups in total. The number of aryl methyl sites for hydroxylation is 1. The highest BCUT2D eigenvalue weighted by Gasteiger charge is 2.12. The Labute approximate surface area is 219 Å². The van der Waals surface area contributed by atoms with E-state index in [1.54, 1.807) is 98.1 Å². The molecule has 38 heavy (non-hydrogen) atoms. The molecule has 0 aliphatic carbocycles. The molecule has 4 rings (SSSR count). The number of hydrogen-bond acceptors (Lipinski definition) is 6. The number of ether oxygens (including phenoxy) is 2. The molecule has 8 heteroatoms. The number of hydrazone groups is 1. The zero-order valence-electron chi connectivity index (χ0n) is 20.8. The van der Waals surface area contributed by atoms with E-state index in [9.17, 15) is 14.4 Å². The highest BCUT2D eigenvalue weighted by molar-refractivity contribution is 6.04. The van der Waals surface area contributed by atoms with Crippen molar-refractivity contribution >= 4 is 29.7 Å². The molecule has 0 aromatic heterocycles. The molecule has 0 unspecified atom stereocenters. The molecular formula is C30H25N3O5. The molecule has 0 heterocycles. The van der Waals surface area contributed by atoms with E-state index < -0.39 is 11.9 Å². The average molecular weight is 508 g/mol. The van der Waals surface area contributed by atoms with Gasteiger partial charge in [0.2, 0.25) is 0 Å². The first-order chi connectivity index (χ1) is 18.4. The summed E-state index contributed by atoms with van der Waals surface area (Å²) >= 11 is 0. The van der Waals surface area contributed by atoms with Crippen LogP contribution in [0.25, 0.3) is 0 Å². The van der Waals surface area contributed by atoms with Crippen molar-refractivity contribution in [2.75, 3.05) is 12.4 Å². The molecule has 0 fully saturated rings. The Morgan fingerprint density at radius 2 is 1.45 bits per heavy atom. The van der Waals surface area contributed by atoms with E-state index in [1.165, 1.54) is 6.21 Å². The molecule has 0 saturated carbocycles. The lowest BCUT2D eigenvalue weighted by molar-refractivity contribution is 0.0733. The van der Waals surface area contributed by atoms with Crippen LogP contribution in [0, 0.1) is 6.92 Å². The van der Waals surface area contributed by atoms with Crippen LogP contribution in [0.2, 0.25) is 0 Å². The topological polar surface area (TPSA) is 106 Å². The summed E-state index contributed by atoms with van der Waals surface area (Å²) in [7, 11) is 1.56.